The van der Waals surface area contributed by atoms with Crippen molar-refractivity contribution in [3.63, 3.8) is 0 Å². The molecule has 9 nitrogen and oxygen atoms in total. The van der Waals surface area contributed by atoms with Crippen LogP contribution in [0, 0.1) is 0 Å². The van der Waals surface area contributed by atoms with E-state index in [1.165, 1.54) is 12.8 Å². The van der Waals surface area contributed by atoms with E-state index in [0.29, 0.717) is 25.0 Å². The third kappa shape index (κ3) is 12.9. The van der Waals surface area contributed by atoms with E-state index in [9.17, 15) is 4.79 Å². The maximum Gasteiger partial charge on any atom is 0.408 e. The van der Waals surface area contributed by atoms with E-state index >= 15 is 0 Å². The van der Waals surface area contributed by atoms with Gasteiger partial charge >= 0.3 is 6.09 Å². The average Bonchev–Trinajstić information content (AvgIpc) is 3.31. The van der Waals surface area contributed by atoms with Crippen molar-refractivity contribution >= 4 is 18.7 Å². The molecule has 1 aliphatic heterocycles. The van der Waals surface area contributed by atoms with Gasteiger partial charge in [-0.05, 0) is 38.8 Å². The molecule has 10 heteroatoms. The summed E-state index contributed by atoms with van der Waals surface area (Å²) in [5.41, 5.74) is 4.90. The number of ether oxygens (including phenoxy) is 1. The van der Waals surface area contributed by atoms with Crippen molar-refractivity contribution in [3.05, 3.63) is 47.8 Å². The summed E-state index contributed by atoms with van der Waals surface area (Å²) in [6.07, 6.45) is 4.79. The van der Waals surface area contributed by atoms with Crippen LogP contribution in [0.15, 0.2) is 36.5 Å². The number of benzene rings is 1. The first-order valence-electron chi connectivity index (χ1n) is 12.6. The highest BCUT2D eigenvalue weighted by atomic mass is 32.1. The molecule has 2 N–H and O–H groups in total. The van der Waals surface area contributed by atoms with Gasteiger partial charge in [0.25, 0.3) is 0 Å². The van der Waals surface area contributed by atoms with E-state index in [0.717, 1.165) is 25.1 Å². The molecule has 1 aromatic carbocycles. The standard InChI is InChI=1S/C21H32N6O3S.2C2H6/c1-21(2,31)30-20(28)22-12-18-13-27(25-24-18)14-19-10-6-7-11-26(19)16-23-29-15-17-8-4-3-5-9-17;2*1-2/h3-5,8-9,13,19,23,31H,6-7,10-12,14-16H2,1-2H3,(H,22,28);2*1-2H3. The van der Waals surface area contributed by atoms with Crippen molar-refractivity contribution in [1.82, 2.24) is 30.7 Å². The fourth-order valence-electron chi connectivity index (χ4n) is 3.46. The predicted octanol–water partition coefficient (Wildman–Crippen LogP) is 4.76. The molecular weight excluding hydrogens is 464 g/mol. The lowest BCUT2D eigenvalue weighted by Crippen LogP contribution is -2.46. The number of likely N-dealkylation sites (tertiary alicyclic amines) is 1. The molecule has 1 unspecified atom stereocenters. The van der Waals surface area contributed by atoms with Gasteiger partial charge in [-0.25, -0.2) is 4.79 Å². The van der Waals surface area contributed by atoms with E-state index in [2.05, 4.69) is 38.6 Å². The zero-order valence-corrected chi connectivity index (χ0v) is 23.1. The first-order valence-corrected chi connectivity index (χ1v) is 13.0. The molecule has 2 heterocycles. The topological polar surface area (TPSA) is 93.5 Å². The van der Waals surface area contributed by atoms with Crippen LogP contribution in [-0.2, 0) is 29.3 Å². The average molecular weight is 509 g/mol. The molecule has 0 spiro atoms. The van der Waals surface area contributed by atoms with Crippen molar-refractivity contribution < 1.29 is 14.4 Å². The van der Waals surface area contributed by atoms with E-state index in [4.69, 9.17) is 9.57 Å². The third-order valence-electron chi connectivity index (χ3n) is 4.94. The number of thiol groups is 1. The van der Waals surface area contributed by atoms with Gasteiger partial charge in [0.2, 0.25) is 0 Å². The van der Waals surface area contributed by atoms with E-state index in [-0.39, 0.29) is 6.54 Å². The number of carbonyl (C=O) groups is 1. The molecule has 1 fully saturated rings. The fraction of sp³-hybridized carbons (Fsp3) is 0.640. The molecule has 35 heavy (non-hydrogen) atoms. The van der Waals surface area contributed by atoms with Crippen molar-refractivity contribution in [3.8, 4) is 0 Å². The van der Waals surface area contributed by atoms with Crippen molar-refractivity contribution in [2.45, 2.75) is 91.5 Å². The van der Waals surface area contributed by atoms with E-state index in [1.54, 1.807) is 13.8 Å². The second kappa shape index (κ2) is 17.3. The second-order valence-corrected chi connectivity index (χ2v) is 9.24. The number of alkyl carbamates (subject to hydrolysis) is 1. The number of carbonyl (C=O) groups excluding carboxylic acids is 1. The largest absolute Gasteiger partial charge is 0.433 e. The highest BCUT2D eigenvalue weighted by Crippen LogP contribution is 2.18. The Morgan fingerprint density at radius 2 is 1.89 bits per heavy atom. The Balaban J connectivity index is 0.00000145. The van der Waals surface area contributed by atoms with Crippen LogP contribution < -0.4 is 10.8 Å². The quantitative estimate of drug-likeness (QED) is 0.184. The van der Waals surface area contributed by atoms with Crippen LogP contribution in [0.1, 0.15) is 72.1 Å². The van der Waals surface area contributed by atoms with Crippen LogP contribution in [0.25, 0.3) is 0 Å². The summed E-state index contributed by atoms with van der Waals surface area (Å²) < 4.78 is 6.94. The normalized spacial score (nSPS) is 15.8. The van der Waals surface area contributed by atoms with Gasteiger partial charge in [0.1, 0.15) is 5.69 Å². The van der Waals surface area contributed by atoms with Gasteiger partial charge in [-0.3, -0.25) is 14.4 Å². The molecule has 3 rings (SSSR count). The van der Waals surface area contributed by atoms with Gasteiger partial charge in [-0.2, -0.15) is 5.48 Å². The number of nitrogens with one attached hydrogen (secondary N) is 2. The molecule has 1 amide bonds. The van der Waals surface area contributed by atoms with Crippen LogP contribution in [0.5, 0.6) is 0 Å². The molecule has 1 aliphatic rings. The zero-order valence-electron chi connectivity index (χ0n) is 22.2. The van der Waals surface area contributed by atoms with Crippen LogP contribution in [0.4, 0.5) is 4.79 Å². The molecule has 198 valence electrons. The second-order valence-electron chi connectivity index (χ2n) is 8.16. The molecular formula is C25H44N6O3S. The first kappa shape index (κ1) is 30.9. The summed E-state index contributed by atoms with van der Waals surface area (Å²) >= 11 is 4.18. The number of aromatic nitrogens is 3. The number of piperidine rings is 1. The maximum absolute atomic E-state index is 11.8. The number of hydrogen-bond donors (Lipinski definition) is 3. The van der Waals surface area contributed by atoms with E-state index in [1.807, 2.05) is 68.9 Å². The number of hydroxylamine groups is 1. The lowest BCUT2D eigenvalue weighted by Gasteiger charge is -2.35. The molecule has 0 bridgehead atoms. The number of hydrogen-bond acceptors (Lipinski definition) is 8. The molecule has 2 aromatic rings. The zero-order chi connectivity index (χ0) is 26.1. The minimum absolute atomic E-state index is 0.256. The van der Waals surface area contributed by atoms with Gasteiger partial charge in [0, 0.05) is 6.04 Å². The molecule has 1 aromatic heterocycles. The number of rotatable bonds is 10. The van der Waals surface area contributed by atoms with Crippen LogP contribution >= 0.6 is 12.6 Å². The minimum Gasteiger partial charge on any atom is -0.433 e. The number of nitrogens with zero attached hydrogens (tertiary/aromatic N) is 4. The first-order chi connectivity index (χ1) is 16.9. The van der Waals surface area contributed by atoms with Gasteiger partial charge in [0.05, 0.1) is 32.6 Å². The van der Waals surface area contributed by atoms with Gasteiger partial charge in [0.15, 0.2) is 4.93 Å². The van der Waals surface area contributed by atoms with Crippen molar-refractivity contribution in [1.29, 1.82) is 0 Å². The Morgan fingerprint density at radius 1 is 1.17 bits per heavy atom. The predicted molar refractivity (Wildman–Crippen MR) is 143 cm³/mol. The number of amides is 1. The van der Waals surface area contributed by atoms with Crippen LogP contribution in [-0.4, -0.2) is 50.2 Å². The van der Waals surface area contributed by atoms with Crippen LogP contribution in [0.2, 0.25) is 0 Å². The smallest absolute Gasteiger partial charge is 0.408 e. The Hall–Kier alpha value is -2.14. The van der Waals surface area contributed by atoms with E-state index < -0.39 is 11.0 Å². The van der Waals surface area contributed by atoms with Gasteiger partial charge in [-0.15, -0.1) is 17.7 Å². The lowest BCUT2D eigenvalue weighted by molar-refractivity contribution is -0.0206. The minimum atomic E-state index is -0.828. The van der Waals surface area contributed by atoms with Crippen molar-refractivity contribution in [2.24, 2.45) is 0 Å². The molecule has 1 atom stereocenters. The highest BCUT2D eigenvalue weighted by Gasteiger charge is 2.23. The summed E-state index contributed by atoms with van der Waals surface area (Å²) in [6, 6.07) is 10.4. The van der Waals surface area contributed by atoms with Gasteiger partial charge < -0.3 is 10.1 Å². The Morgan fingerprint density at radius 3 is 2.57 bits per heavy atom. The summed E-state index contributed by atoms with van der Waals surface area (Å²) in [7, 11) is 0. The SMILES string of the molecule is CC.CC.CC(C)(S)OC(=O)NCc1cn(CC2CCCCN2CNOCc2ccccc2)nn1. The summed E-state index contributed by atoms with van der Waals surface area (Å²) in [5, 5.41) is 11.0. The molecule has 0 radical (unpaired) electrons. The monoisotopic (exact) mass is 508 g/mol. The Kier molecular flexibility index (Phi) is 15.3. The molecule has 0 saturated carbocycles. The summed E-state index contributed by atoms with van der Waals surface area (Å²) in [4.78, 5) is 18.9. The summed E-state index contributed by atoms with van der Waals surface area (Å²) in [5.74, 6) is 0. The molecule has 1 saturated heterocycles. The Labute approximate surface area is 216 Å². The van der Waals surface area contributed by atoms with Crippen LogP contribution in [0.3, 0.4) is 0 Å². The maximum atomic E-state index is 11.8. The third-order valence-corrected chi connectivity index (χ3v) is 5.03. The van der Waals surface area contributed by atoms with Crippen molar-refractivity contribution in [2.75, 3.05) is 13.2 Å². The summed E-state index contributed by atoms with van der Waals surface area (Å²) in [6.45, 7) is 14.6. The highest BCUT2D eigenvalue weighted by molar-refractivity contribution is 7.81. The Bertz CT molecular complexity index is 813. The lowest BCUT2D eigenvalue weighted by atomic mass is 10.0. The molecule has 0 aliphatic carbocycles. The fourth-order valence-corrected chi connectivity index (χ4v) is 3.55. The van der Waals surface area contributed by atoms with Gasteiger partial charge in [-0.1, -0.05) is 69.7 Å².